The second kappa shape index (κ2) is 8.32. The van der Waals surface area contributed by atoms with Crippen molar-refractivity contribution in [3.05, 3.63) is 16.0 Å². The summed E-state index contributed by atoms with van der Waals surface area (Å²) in [6.45, 7) is 7.67. The molecule has 1 fully saturated rings. The number of piperidine rings is 1. The molecule has 0 atom stereocenters. The Balaban J connectivity index is 1.60. The van der Waals surface area contributed by atoms with Crippen LogP contribution in [0.2, 0.25) is 0 Å². The van der Waals surface area contributed by atoms with Gasteiger partial charge in [0, 0.05) is 4.88 Å². The molecule has 2 heterocycles. The van der Waals surface area contributed by atoms with Gasteiger partial charge in [-0.05, 0) is 50.5 Å². The number of esters is 1. The van der Waals surface area contributed by atoms with Crippen LogP contribution in [0.15, 0.2) is 0 Å². The molecule has 1 aromatic heterocycles. The van der Waals surface area contributed by atoms with E-state index in [4.69, 9.17) is 4.74 Å². The molecular formula is C19H29N2O3S+. The average molecular weight is 366 g/mol. The molecule has 138 valence electrons. The number of anilines is 1. The minimum absolute atomic E-state index is 0.0107. The maximum Gasteiger partial charge on any atom is 0.341 e. The smallest absolute Gasteiger partial charge is 0.341 e. The summed E-state index contributed by atoms with van der Waals surface area (Å²) in [6, 6.07) is 0. The van der Waals surface area contributed by atoms with Crippen LogP contribution in [0.5, 0.6) is 0 Å². The summed E-state index contributed by atoms with van der Waals surface area (Å²) in [5.74, 6) is 0.530. The molecule has 1 aromatic rings. The van der Waals surface area contributed by atoms with Gasteiger partial charge in [0.25, 0.3) is 0 Å². The lowest BCUT2D eigenvalue weighted by Gasteiger charge is -2.27. The molecule has 0 spiro atoms. The number of fused-ring (bicyclic) bond motifs is 1. The standard InChI is InChI=1S/C19H28N2O3S/c1-3-24-19(23)17-14-5-4-6-15(14)25-18(17)20-16(22)9-12-21-10-7-13(2)8-11-21/h13H,3-12H2,1-2H3,(H,20,22)/p+1. The Morgan fingerprint density at radius 2 is 2.04 bits per heavy atom. The first-order chi connectivity index (χ1) is 12.1. The van der Waals surface area contributed by atoms with Crippen molar-refractivity contribution in [2.75, 3.05) is 31.6 Å². The van der Waals surface area contributed by atoms with Crippen LogP contribution in [0.25, 0.3) is 0 Å². The van der Waals surface area contributed by atoms with Crippen molar-refractivity contribution < 1.29 is 19.2 Å². The molecular weight excluding hydrogens is 336 g/mol. The highest BCUT2D eigenvalue weighted by atomic mass is 32.1. The number of amides is 1. The van der Waals surface area contributed by atoms with Crippen LogP contribution in [0, 0.1) is 5.92 Å². The topological polar surface area (TPSA) is 59.8 Å². The molecule has 2 N–H and O–H groups in total. The summed E-state index contributed by atoms with van der Waals surface area (Å²) in [7, 11) is 0. The molecule has 3 rings (SSSR count). The fourth-order valence-corrected chi connectivity index (χ4v) is 5.10. The highest BCUT2D eigenvalue weighted by Gasteiger charge is 2.28. The first kappa shape index (κ1) is 18.4. The number of aryl methyl sites for hydroxylation is 1. The largest absolute Gasteiger partial charge is 0.462 e. The Morgan fingerprint density at radius 1 is 1.28 bits per heavy atom. The van der Waals surface area contributed by atoms with Crippen LogP contribution in [0.4, 0.5) is 5.00 Å². The van der Waals surface area contributed by atoms with Crippen molar-refractivity contribution in [2.45, 2.75) is 52.4 Å². The fraction of sp³-hybridized carbons (Fsp3) is 0.684. The maximum atomic E-state index is 12.4. The van der Waals surface area contributed by atoms with Gasteiger partial charge < -0.3 is 15.0 Å². The number of rotatable bonds is 6. The third kappa shape index (κ3) is 4.42. The zero-order valence-corrected chi connectivity index (χ0v) is 16.1. The van der Waals surface area contributed by atoms with Crippen molar-refractivity contribution in [3.63, 3.8) is 0 Å². The fourth-order valence-electron chi connectivity index (χ4n) is 3.81. The van der Waals surface area contributed by atoms with Crippen LogP contribution in [0.1, 0.15) is 60.3 Å². The number of quaternary nitrogens is 1. The van der Waals surface area contributed by atoms with Crippen molar-refractivity contribution in [2.24, 2.45) is 5.92 Å². The number of ether oxygens (including phenoxy) is 1. The van der Waals surface area contributed by atoms with E-state index in [1.807, 2.05) is 6.92 Å². The van der Waals surface area contributed by atoms with E-state index in [2.05, 4.69) is 12.2 Å². The van der Waals surface area contributed by atoms with Crippen LogP contribution in [0.3, 0.4) is 0 Å². The molecule has 0 unspecified atom stereocenters. The molecule has 25 heavy (non-hydrogen) atoms. The summed E-state index contributed by atoms with van der Waals surface area (Å²) in [6.07, 6.45) is 6.00. The van der Waals surface area contributed by atoms with Crippen LogP contribution >= 0.6 is 11.3 Å². The monoisotopic (exact) mass is 365 g/mol. The van der Waals surface area contributed by atoms with Crippen LogP contribution < -0.4 is 10.2 Å². The Hall–Kier alpha value is -1.40. The molecule has 0 aromatic carbocycles. The van der Waals surface area contributed by atoms with Gasteiger partial charge in [0.2, 0.25) is 5.91 Å². The molecule has 0 radical (unpaired) electrons. The van der Waals surface area contributed by atoms with Crippen molar-refractivity contribution in [3.8, 4) is 0 Å². The molecule has 1 amide bonds. The number of hydrogen-bond acceptors (Lipinski definition) is 4. The predicted molar refractivity (Wildman–Crippen MR) is 99.5 cm³/mol. The third-order valence-corrected chi connectivity index (χ3v) is 6.55. The molecule has 0 saturated carbocycles. The predicted octanol–water partition coefficient (Wildman–Crippen LogP) is 2.06. The second-order valence-electron chi connectivity index (χ2n) is 7.26. The summed E-state index contributed by atoms with van der Waals surface area (Å²) >= 11 is 1.55. The van der Waals surface area contributed by atoms with E-state index in [1.54, 1.807) is 11.3 Å². The lowest BCUT2D eigenvalue weighted by molar-refractivity contribution is -0.905. The van der Waals surface area contributed by atoms with Crippen molar-refractivity contribution in [1.82, 2.24) is 0 Å². The second-order valence-corrected chi connectivity index (χ2v) is 8.37. The molecule has 1 aliphatic heterocycles. The maximum absolute atomic E-state index is 12.4. The van der Waals surface area contributed by atoms with Gasteiger partial charge >= 0.3 is 5.97 Å². The van der Waals surface area contributed by atoms with E-state index >= 15 is 0 Å². The number of thiophene rings is 1. The minimum Gasteiger partial charge on any atom is -0.462 e. The lowest BCUT2D eigenvalue weighted by Crippen LogP contribution is -3.13. The highest BCUT2D eigenvalue weighted by Crippen LogP contribution is 2.39. The van der Waals surface area contributed by atoms with Gasteiger partial charge in [-0.15, -0.1) is 11.3 Å². The van der Waals surface area contributed by atoms with Crippen molar-refractivity contribution >= 4 is 28.2 Å². The molecule has 0 bridgehead atoms. The van der Waals surface area contributed by atoms with E-state index < -0.39 is 0 Å². The van der Waals surface area contributed by atoms with Gasteiger partial charge in [0.1, 0.15) is 5.00 Å². The van der Waals surface area contributed by atoms with Gasteiger partial charge in [0.15, 0.2) is 0 Å². The molecule has 5 nitrogen and oxygen atoms in total. The van der Waals surface area contributed by atoms with Gasteiger partial charge in [-0.1, -0.05) is 6.92 Å². The molecule has 1 aliphatic carbocycles. The van der Waals surface area contributed by atoms with Crippen LogP contribution in [-0.4, -0.2) is 38.1 Å². The highest BCUT2D eigenvalue weighted by molar-refractivity contribution is 7.17. The lowest BCUT2D eigenvalue weighted by atomic mass is 9.99. The SMILES string of the molecule is CCOC(=O)c1c(NC(=O)CC[NH+]2CCC(C)CC2)sc2c1CCC2. The molecule has 1 saturated heterocycles. The number of hydrogen-bond donors (Lipinski definition) is 2. The zero-order chi connectivity index (χ0) is 17.8. The summed E-state index contributed by atoms with van der Waals surface area (Å²) in [5, 5.41) is 3.68. The van der Waals surface area contributed by atoms with Crippen molar-refractivity contribution in [1.29, 1.82) is 0 Å². The average Bonchev–Trinajstić information content (AvgIpc) is 3.15. The summed E-state index contributed by atoms with van der Waals surface area (Å²) in [5.41, 5.74) is 1.70. The Kier molecular flexibility index (Phi) is 6.12. The molecule has 2 aliphatic rings. The number of carbonyl (C=O) groups is 2. The summed E-state index contributed by atoms with van der Waals surface area (Å²) in [4.78, 5) is 27.5. The van der Waals surface area contributed by atoms with E-state index in [-0.39, 0.29) is 11.9 Å². The minimum atomic E-state index is -0.298. The number of carbonyl (C=O) groups excluding carboxylic acids is 2. The Morgan fingerprint density at radius 3 is 2.76 bits per heavy atom. The first-order valence-electron chi connectivity index (χ1n) is 9.53. The van der Waals surface area contributed by atoms with E-state index in [0.29, 0.717) is 23.6 Å². The third-order valence-electron chi connectivity index (χ3n) is 5.34. The first-order valence-corrected chi connectivity index (χ1v) is 10.3. The Bertz CT molecular complexity index is 633. The van der Waals surface area contributed by atoms with Gasteiger partial charge in [-0.3, -0.25) is 4.79 Å². The molecule has 6 heteroatoms. The van der Waals surface area contributed by atoms with Gasteiger partial charge in [0.05, 0.1) is 38.2 Å². The number of likely N-dealkylation sites (tertiary alicyclic amines) is 1. The zero-order valence-electron chi connectivity index (χ0n) is 15.3. The van der Waals surface area contributed by atoms with E-state index in [1.165, 1.54) is 22.6 Å². The van der Waals surface area contributed by atoms with E-state index in [0.717, 1.165) is 50.4 Å². The van der Waals surface area contributed by atoms with E-state index in [9.17, 15) is 9.59 Å². The Labute approximate surface area is 153 Å². The summed E-state index contributed by atoms with van der Waals surface area (Å²) < 4.78 is 5.21. The number of nitrogens with one attached hydrogen (secondary N) is 2. The van der Waals surface area contributed by atoms with Gasteiger partial charge in [-0.2, -0.15) is 0 Å². The van der Waals surface area contributed by atoms with Crippen LogP contribution in [-0.2, 0) is 22.4 Å². The normalized spacial score (nSPS) is 22.5. The van der Waals surface area contributed by atoms with Gasteiger partial charge in [-0.25, -0.2) is 4.79 Å². The quantitative estimate of drug-likeness (QED) is 0.759.